The summed E-state index contributed by atoms with van der Waals surface area (Å²) in [5, 5.41) is 13.6. The van der Waals surface area contributed by atoms with Gasteiger partial charge in [0, 0.05) is 27.0 Å². The van der Waals surface area contributed by atoms with Gasteiger partial charge in [-0.25, -0.2) is 0 Å². The molecule has 1 amide bonds. The van der Waals surface area contributed by atoms with Crippen molar-refractivity contribution in [3.8, 4) is 0 Å². The molecule has 0 saturated heterocycles. The summed E-state index contributed by atoms with van der Waals surface area (Å²) in [7, 11) is 0. The second-order valence-corrected chi connectivity index (χ2v) is 6.41. The van der Waals surface area contributed by atoms with Crippen LogP contribution in [0.1, 0.15) is 22.0 Å². The molecular weight excluding hydrogens is 341 g/mol. The van der Waals surface area contributed by atoms with E-state index in [1.807, 2.05) is 30.5 Å². The van der Waals surface area contributed by atoms with Crippen LogP contribution < -0.4 is 5.32 Å². The third kappa shape index (κ3) is 4.65. The van der Waals surface area contributed by atoms with E-state index in [1.54, 1.807) is 17.8 Å². The highest BCUT2D eigenvalue weighted by molar-refractivity contribution is 7.98. The molecule has 0 fully saturated rings. The molecule has 3 nitrogen and oxygen atoms in total. The summed E-state index contributed by atoms with van der Waals surface area (Å²) in [6.45, 7) is 0.113. The maximum absolute atomic E-state index is 12.0. The molecule has 0 aliphatic heterocycles. The van der Waals surface area contributed by atoms with Crippen molar-refractivity contribution in [2.24, 2.45) is 0 Å². The zero-order chi connectivity index (χ0) is 16.1. The number of hydrogen-bond donors (Lipinski definition) is 2. The Kier molecular flexibility index (Phi) is 6.15. The lowest BCUT2D eigenvalue weighted by molar-refractivity contribution is 0.0916. The molecule has 0 heterocycles. The number of benzene rings is 2. The Labute approximate surface area is 143 Å². The monoisotopic (exact) mass is 355 g/mol. The fourth-order valence-corrected chi connectivity index (χ4v) is 2.85. The minimum absolute atomic E-state index is 0.113. The minimum Gasteiger partial charge on any atom is -0.387 e. The lowest BCUT2D eigenvalue weighted by Gasteiger charge is -2.13. The van der Waals surface area contributed by atoms with Gasteiger partial charge in [-0.15, -0.1) is 11.8 Å². The van der Waals surface area contributed by atoms with E-state index in [-0.39, 0.29) is 12.5 Å². The Balaban J connectivity index is 1.97. The van der Waals surface area contributed by atoms with Gasteiger partial charge in [0.15, 0.2) is 0 Å². The van der Waals surface area contributed by atoms with Crippen LogP contribution in [0.3, 0.4) is 0 Å². The van der Waals surface area contributed by atoms with Crippen LogP contribution in [0.2, 0.25) is 10.0 Å². The van der Waals surface area contributed by atoms with Crippen LogP contribution in [0, 0.1) is 0 Å². The van der Waals surface area contributed by atoms with Crippen LogP contribution in [0.25, 0.3) is 0 Å². The van der Waals surface area contributed by atoms with Crippen molar-refractivity contribution in [3.63, 3.8) is 0 Å². The molecule has 2 aromatic rings. The molecule has 116 valence electrons. The van der Waals surface area contributed by atoms with Crippen LogP contribution in [0.4, 0.5) is 0 Å². The van der Waals surface area contributed by atoms with Crippen molar-refractivity contribution < 1.29 is 9.90 Å². The number of rotatable bonds is 5. The van der Waals surface area contributed by atoms with Crippen LogP contribution >= 0.6 is 35.0 Å². The van der Waals surface area contributed by atoms with Gasteiger partial charge in [-0.05, 0) is 42.2 Å². The first-order chi connectivity index (χ1) is 10.5. The lowest BCUT2D eigenvalue weighted by Crippen LogP contribution is -2.28. The van der Waals surface area contributed by atoms with Gasteiger partial charge >= 0.3 is 0 Å². The number of hydrogen-bond acceptors (Lipinski definition) is 3. The molecule has 22 heavy (non-hydrogen) atoms. The van der Waals surface area contributed by atoms with E-state index in [0.29, 0.717) is 15.6 Å². The van der Waals surface area contributed by atoms with Crippen molar-refractivity contribution in [1.82, 2.24) is 5.32 Å². The molecule has 2 N–H and O–H groups in total. The van der Waals surface area contributed by atoms with Crippen LogP contribution in [0.15, 0.2) is 47.4 Å². The average molecular weight is 356 g/mol. The topological polar surface area (TPSA) is 49.3 Å². The molecule has 2 aromatic carbocycles. The first kappa shape index (κ1) is 17.2. The van der Waals surface area contributed by atoms with Gasteiger partial charge in [-0.3, -0.25) is 4.79 Å². The van der Waals surface area contributed by atoms with Gasteiger partial charge in [-0.2, -0.15) is 0 Å². The number of aliphatic hydroxyl groups excluding tert-OH is 1. The van der Waals surface area contributed by atoms with E-state index in [1.165, 1.54) is 12.1 Å². The lowest BCUT2D eigenvalue weighted by atomic mass is 10.1. The average Bonchev–Trinajstić information content (AvgIpc) is 2.51. The third-order valence-corrected chi connectivity index (χ3v) is 4.26. The molecule has 2 rings (SSSR count). The highest BCUT2D eigenvalue weighted by Gasteiger charge is 2.12. The number of aliphatic hydroxyl groups is 1. The Morgan fingerprint density at radius 3 is 2.32 bits per heavy atom. The first-order valence-electron chi connectivity index (χ1n) is 6.56. The van der Waals surface area contributed by atoms with Crippen LogP contribution in [-0.2, 0) is 0 Å². The first-order valence-corrected chi connectivity index (χ1v) is 8.54. The highest BCUT2D eigenvalue weighted by Crippen LogP contribution is 2.20. The summed E-state index contributed by atoms with van der Waals surface area (Å²) >= 11 is 13.4. The smallest absolute Gasteiger partial charge is 0.251 e. The number of halogens is 2. The molecule has 6 heteroatoms. The van der Waals surface area contributed by atoms with Crippen molar-refractivity contribution in [1.29, 1.82) is 0 Å². The molecule has 0 aliphatic carbocycles. The summed E-state index contributed by atoms with van der Waals surface area (Å²) in [5.41, 5.74) is 1.12. The summed E-state index contributed by atoms with van der Waals surface area (Å²) < 4.78 is 0. The van der Waals surface area contributed by atoms with E-state index in [0.717, 1.165) is 10.5 Å². The van der Waals surface area contributed by atoms with E-state index >= 15 is 0 Å². The molecule has 0 aromatic heterocycles. The van der Waals surface area contributed by atoms with Crippen molar-refractivity contribution in [2.75, 3.05) is 12.8 Å². The standard InChI is InChI=1S/C16H15Cl2NO2S/c1-22-14-4-2-10(3-5-14)15(20)9-19-16(21)11-6-12(17)8-13(18)7-11/h2-8,15,20H,9H2,1H3,(H,19,21). The Morgan fingerprint density at radius 2 is 1.77 bits per heavy atom. The quantitative estimate of drug-likeness (QED) is 0.791. The van der Waals surface area contributed by atoms with Gasteiger partial charge in [0.1, 0.15) is 0 Å². The SMILES string of the molecule is CSc1ccc(C(O)CNC(=O)c2cc(Cl)cc(Cl)c2)cc1. The van der Waals surface area contributed by atoms with Gasteiger partial charge < -0.3 is 10.4 Å². The molecule has 0 radical (unpaired) electrons. The Bertz CT molecular complexity index is 641. The summed E-state index contributed by atoms with van der Waals surface area (Å²) in [5.74, 6) is -0.329. The normalized spacial score (nSPS) is 12.0. The van der Waals surface area contributed by atoms with Gasteiger partial charge in [0.05, 0.1) is 6.10 Å². The maximum Gasteiger partial charge on any atom is 0.251 e. The number of carbonyl (C=O) groups is 1. The Morgan fingerprint density at radius 1 is 1.18 bits per heavy atom. The van der Waals surface area contributed by atoms with E-state index in [2.05, 4.69) is 5.32 Å². The van der Waals surface area contributed by atoms with Crippen molar-refractivity contribution >= 4 is 40.9 Å². The zero-order valence-electron chi connectivity index (χ0n) is 11.8. The maximum atomic E-state index is 12.0. The predicted molar refractivity (Wildman–Crippen MR) is 92.0 cm³/mol. The molecule has 0 spiro atoms. The molecule has 0 bridgehead atoms. The van der Waals surface area contributed by atoms with Crippen LogP contribution in [-0.4, -0.2) is 23.8 Å². The third-order valence-electron chi connectivity index (χ3n) is 3.08. The summed E-state index contributed by atoms with van der Waals surface area (Å²) in [4.78, 5) is 13.2. The molecular formula is C16H15Cl2NO2S. The number of thioether (sulfide) groups is 1. The fraction of sp³-hybridized carbons (Fsp3) is 0.188. The minimum atomic E-state index is -0.769. The Hall–Kier alpha value is -1.20. The van der Waals surface area contributed by atoms with Gasteiger partial charge in [0.2, 0.25) is 0 Å². The summed E-state index contributed by atoms with van der Waals surface area (Å²) in [6.07, 6.45) is 1.22. The van der Waals surface area contributed by atoms with Gasteiger partial charge in [0.25, 0.3) is 5.91 Å². The summed E-state index contributed by atoms with van der Waals surface area (Å²) in [6, 6.07) is 12.2. The number of amides is 1. The van der Waals surface area contributed by atoms with Crippen molar-refractivity contribution in [3.05, 3.63) is 63.6 Å². The van der Waals surface area contributed by atoms with Gasteiger partial charge in [-0.1, -0.05) is 35.3 Å². The second kappa shape index (κ2) is 7.88. The fourth-order valence-electron chi connectivity index (χ4n) is 1.92. The molecule has 1 unspecified atom stereocenters. The van der Waals surface area contributed by atoms with E-state index < -0.39 is 6.10 Å². The molecule has 0 aliphatic rings. The predicted octanol–water partition coefficient (Wildman–Crippen LogP) is 4.18. The molecule has 1 atom stereocenters. The van der Waals surface area contributed by atoms with E-state index in [9.17, 15) is 9.90 Å². The molecule has 0 saturated carbocycles. The number of nitrogens with one attached hydrogen (secondary N) is 1. The van der Waals surface area contributed by atoms with Crippen molar-refractivity contribution in [2.45, 2.75) is 11.0 Å². The largest absolute Gasteiger partial charge is 0.387 e. The zero-order valence-corrected chi connectivity index (χ0v) is 14.2. The highest BCUT2D eigenvalue weighted by atomic mass is 35.5. The number of carbonyl (C=O) groups excluding carboxylic acids is 1. The van der Waals surface area contributed by atoms with Crippen LogP contribution in [0.5, 0.6) is 0 Å². The second-order valence-electron chi connectivity index (χ2n) is 4.66. The van der Waals surface area contributed by atoms with E-state index in [4.69, 9.17) is 23.2 Å².